The first-order valence-corrected chi connectivity index (χ1v) is 6.29. The number of rotatable bonds is 2. The van der Waals surface area contributed by atoms with Crippen LogP contribution in [-0.2, 0) is 0 Å². The summed E-state index contributed by atoms with van der Waals surface area (Å²) in [5, 5.41) is 1.99. The summed E-state index contributed by atoms with van der Waals surface area (Å²) in [5.41, 5.74) is 4.25. The minimum Gasteiger partial charge on any atom is -0.396 e. The molecule has 0 heterocycles. The number of hydrogen-bond acceptors (Lipinski definition) is 2. The van der Waals surface area contributed by atoms with E-state index in [2.05, 4.69) is 15.9 Å². The second-order valence-corrected chi connectivity index (χ2v) is 4.91. The third-order valence-electron chi connectivity index (χ3n) is 2.57. The fraction of sp³-hybridized carbons (Fsp3) is 0. The lowest BCUT2D eigenvalue weighted by atomic mass is 10.1. The predicted octanol–water partition coefficient (Wildman–Crippen LogP) is 3.84. The van der Waals surface area contributed by atoms with Crippen LogP contribution in [0.15, 0.2) is 28.7 Å². The van der Waals surface area contributed by atoms with E-state index in [1.54, 1.807) is 0 Å². The van der Waals surface area contributed by atoms with Gasteiger partial charge in [0.15, 0.2) is 11.6 Å². The SMILES string of the molecule is Nc1cc(C(=O)Nc2cc(F)cc(F)c2F)c(Br)cc1F. The third kappa shape index (κ3) is 3.15. The molecule has 2 aromatic rings. The normalized spacial score (nSPS) is 10.5. The Hall–Kier alpha value is -2.09. The summed E-state index contributed by atoms with van der Waals surface area (Å²) in [6, 6.07) is 2.93. The number of amides is 1. The van der Waals surface area contributed by atoms with E-state index in [4.69, 9.17) is 5.73 Å². The van der Waals surface area contributed by atoms with E-state index in [1.807, 2.05) is 5.32 Å². The van der Waals surface area contributed by atoms with Crippen LogP contribution in [0.1, 0.15) is 10.4 Å². The van der Waals surface area contributed by atoms with Crippen molar-refractivity contribution in [1.82, 2.24) is 0 Å². The highest BCUT2D eigenvalue weighted by molar-refractivity contribution is 9.10. The average Bonchev–Trinajstić information content (AvgIpc) is 2.39. The number of nitrogens with two attached hydrogens (primary N) is 1. The summed E-state index contributed by atoms with van der Waals surface area (Å²) in [4.78, 5) is 11.9. The maximum absolute atomic E-state index is 13.4. The molecule has 0 aromatic heterocycles. The highest BCUT2D eigenvalue weighted by Gasteiger charge is 2.17. The average molecular weight is 363 g/mol. The molecule has 0 aliphatic carbocycles. The minimum atomic E-state index is -1.44. The predicted molar refractivity (Wildman–Crippen MR) is 72.8 cm³/mol. The molecule has 2 aromatic carbocycles. The Morgan fingerprint density at radius 1 is 1.05 bits per heavy atom. The molecule has 0 bridgehead atoms. The van der Waals surface area contributed by atoms with Crippen LogP contribution in [0.3, 0.4) is 0 Å². The number of anilines is 2. The lowest BCUT2D eigenvalue weighted by Gasteiger charge is -2.09. The third-order valence-corrected chi connectivity index (χ3v) is 3.23. The molecule has 2 rings (SSSR count). The van der Waals surface area contributed by atoms with E-state index in [0.29, 0.717) is 12.1 Å². The number of nitrogen functional groups attached to an aromatic ring is 1. The van der Waals surface area contributed by atoms with Crippen molar-refractivity contribution in [2.75, 3.05) is 11.1 Å². The van der Waals surface area contributed by atoms with Crippen molar-refractivity contribution in [3.05, 3.63) is 57.6 Å². The van der Waals surface area contributed by atoms with Gasteiger partial charge in [0, 0.05) is 16.6 Å². The number of carbonyl (C=O) groups excluding carboxylic acids is 1. The highest BCUT2D eigenvalue weighted by atomic mass is 79.9. The van der Waals surface area contributed by atoms with Crippen molar-refractivity contribution in [1.29, 1.82) is 0 Å². The quantitative estimate of drug-likeness (QED) is 0.484. The molecule has 3 nitrogen and oxygen atoms in total. The largest absolute Gasteiger partial charge is 0.396 e. The van der Waals surface area contributed by atoms with E-state index in [9.17, 15) is 22.4 Å². The van der Waals surface area contributed by atoms with E-state index in [0.717, 1.165) is 12.1 Å². The van der Waals surface area contributed by atoms with E-state index in [-0.39, 0.29) is 15.7 Å². The molecule has 0 atom stereocenters. The Labute approximate surface area is 124 Å². The number of hydrogen-bond donors (Lipinski definition) is 2. The van der Waals surface area contributed by atoms with Gasteiger partial charge < -0.3 is 11.1 Å². The van der Waals surface area contributed by atoms with Crippen LogP contribution < -0.4 is 11.1 Å². The first-order valence-electron chi connectivity index (χ1n) is 5.50. The second kappa shape index (κ2) is 5.72. The lowest BCUT2D eigenvalue weighted by Crippen LogP contribution is -2.15. The summed E-state index contributed by atoms with van der Waals surface area (Å²) in [7, 11) is 0. The number of halogens is 5. The highest BCUT2D eigenvalue weighted by Crippen LogP contribution is 2.25. The Kier molecular flexibility index (Phi) is 4.17. The van der Waals surface area contributed by atoms with Crippen LogP contribution in [0, 0.1) is 23.3 Å². The van der Waals surface area contributed by atoms with Gasteiger partial charge >= 0.3 is 0 Å². The summed E-state index contributed by atoms with van der Waals surface area (Å²) < 4.78 is 52.7. The van der Waals surface area contributed by atoms with Gasteiger partial charge in [-0.25, -0.2) is 17.6 Å². The van der Waals surface area contributed by atoms with Crippen molar-refractivity contribution in [3.63, 3.8) is 0 Å². The Balaban J connectivity index is 2.37. The molecular formula is C13H7BrF4N2O. The first-order chi connectivity index (χ1) is 9.79. The standard InChI is InChI=1S/C13H7BrF4N2O/c14-7-4-8(16)10(19)3-6(7)13(21)20-11-2-5(15)1-9(17)12(11)18/h1-4H,19H2,(H,20,21). The van der Waals surface area contributed by atoms with Crippen molar-refractivity contribution >= 4 is 33.2 Å². The number of nitrogens with one attached hydrogen (secondary N) is 1. The number of benzene rings is 2. The monoisotopic (exact) mass is 362 g/mol. The Bertz CT molecular complexity index is 737. The maximum Gasteiger partial charge on any atom is 0.256 e. The topological polar surface area (TPSA) is 55.1 Å². The van der Waals surface area contributed by atoms with Crippen molar-refractivity contribution in [2.24, 2.45) is 0 Å². The molecule has 0 unspecified atom stereocenters. The van der Waals surface area contributed by atoms with Crippen LogP contribution in [0.25, 0.3) is 0 Å². The van der Waals surface area contributed by atoms with E-state index >= 15 is 0 Å². The lowest BCUT2D eigenvalue weighted by molar-refractivity contribution is 0.102. The number of carbonyl (C=O) groups is 1. The molecular weight excluding hydrogens is 356 g/mol. The zero-order chi connectivity index (χ0) is 15.7. The van der Waals surface area contributed by atoms with Crippen LogP contribution in [0.2, 0.25) is 0 Å². The summed E-state index contributed by atoms with van der Waals surface area (Å²) >= 11 is 2.94. The van der Waals surface area contributed by atoms with Gasteiger partial charge in [-0.3, -0.25) is 4.79 Å². The second-order valence-electron chi connectivity index (χ2n) is 4.06. The van der Waals surface area contributed by atoms with Gasteiger partial charge in [0.1, 0.15) is 11.6 Å². The first kappa shape index (κ1) is 15.3. The molecule has 3 N–H and O–H groups in total. The van der Waals surface area contributed by atoms with Gasteiger partial charge in [-0.15, -0.1) is 0 Å². The molecule has 0 radical (unpaired) electrons. The molecule has 0 saturated carbocycles. The minimum absolute atomic E-state index is 0.0592. The van der Waals surface area contributed by atoms with Gasteiger partial charge in [0.2, 0.25) is 0 Å². The molecule has 110 valence electrons. The fourth-order valence-electron chi connectivity index (χ4n) is 1.58. The smallest absolute Gasteiger partial charge is 0.256 e. The molecule has 8 heteroatoms. The van der Waals surface area contributed by atoms with E-state index in [1.165, 1.54) is 0 Å². The molecule has 1 amide bonds. The van der Waals surface area contributed by atoms with Crippen LogP contribution in [-0.4, -0.2) is 5.91 Å². The molecule has 0 fully saturated rings. The molecule has 0 aliphatic rings. The molecule has 0 aliphatic heterocycles. The summed E-state index contributed by atoms with van der Waals surface area (Å²) in [6.07, 6.45) is 0. The Morgan fingerprint density at radius 2 is 1.71 bits per heavy atom. The van der Waals surface area contributed by atoms with Gasteiger partial charge in [0.05, 0.1) is 16.9 Å². The van der Waals surface area contributed by atoms with Gasteiger partial charge in [-0.2, -0.15) is 0 Å². The van der Waals surface area contributed by atoms with Crippen molar-refractivity contribution < 1.29 is 22.4 Å². The molecule has 0 spiro atoms. The maximum atomic E-state index is 13.4. The van der Waals surface area contributed by atoms with Crippen molar-refractivity contribution in [2.45, 2.75) is 0 Å². The van der Waals surface area contributed by atoms with Crippen LogP contribution in [0.5, 0.6) is 0 Å². The van der Waals surface area contributed by atoms with Crippen LogP contribution >= 0.6 is 15.9 Å². The van der Waals surface area contributed by atoms with E-state index < -0.39 is 34.9 Å². The fourth-order valence-corrected chi connectivity index (χ4v) is 2.07. The molecule has 0 saturated heterocycles. The summed E-state index contributed by atoms with van der Waals surface area (Å²) in [5.74, 6) is -5.56. The molecule has 21 heavy (non-hydrogen) atoms. The zero-order valence-corrected chi connectivity index (χ0v) is 11.8. The van der Waals surface area contributed by atoms with Crippen LogP contribution in [0.4, 0.5) is 28.9 Å². The zero-order valence-electron chi connectivity index (χ0n) is 10.2. The Morgan fingerprint density at radius 3 is 2.38 bits per heavy atom. The van der Waals surface area contributed by atoms with Crippen molar-refractivity contribution in [3.8, 4) is 0 Å². The van der Waals surface area contributed by atoms with Gasteiger partial charge in [-0.05, 0) is 28.1 Å². The van der Waals surface area contributed by atoms with Gasteiger partial charge in [0.25, 0.3) is 5.91 Å². The summed E-state index contributed by atoms with van der Waals surface area (Å²) in [6.45, 7) is 0. The van der Waals surface area contributed by atoms with Gasteiger partial charge in [-0.1, -0.05) is 0 Å².